The zero-order chi connectivity index (χ0) is 18.9. The van der Waals surface area contributed by atoms with Gasteiger partial charge in [-0.05, 0) is 44.2 Å². The summed E-state index contributed by atoms with van der Waals surface area (Å²) in [6, 6.07) is 26.4. The zero-order valence-electron chi connectivity index (χ0n) is 16.9. The average Bonchev–Trinajstić information content (AvgIpc) is 2.60. The quantitative estimate of drug-likeness (QED) is 0.449. The van der Waals surface area contributed by atoms with E-state index in [1.807, 2.05) is 0 Å². The minimum absolute atomic E-state index is 0.106. The number of hydrogen-bond donors (Lipinski definition) is 0. The topological polar surface area (TPSA) is 0 Å². The molecular weight excluding hydrogens is 312 g/mol. The first-order chi connectivity index (χ1) is 12.2. The lowest BCUT2D eigenvalue weighted by atomic mass is 9.74. The second kappa shape index (κ2) is 6.76. The van der Waals surface area contributed by atoms with E-state index in [-0.39, 0.29) is 10.8 Å². The molecule has 0 aromatic heterocycles. The summed E-state index contributed by atoms with van der Waals surface area (Å²) in [6.45, 7) is 13.8. The highest BCUT2D eigenvalue weighted by Gasteiger charge is 2.25. The molecule has 0 fully saturated rings. The summed E-state index contributed by atoms with van der Waals surface area (Å²) in [5.41, 5.74) is 8.27. The van der Waals surface area contributed by atoms with E-state index >= 15 is 0 Å². The lowest BCUT2D eigenvalue weighted by Gasteiger charge is -2.30. The van der Waals surface area contributed by atoms with Gasteiger partial charge in [0, 0.05) is 0 Å². The SMILES string of the molecule is CC(C)(C)c1cccc(C(C)(C)C)c1-c1ccc(-c2ccccc2)cc1. The second-order valence-corrected chi connectivity index (χ2v) is 9.17. The minimum atomic E-state index is 0.106. The van der Waals surface area contributed by atoms with Crippen molar-refractivity contribution < 1.29 is 0 Å². The van der Waals surface area contributed by atoms with Gasteiger partial charge in [0.05, 0.1) is 0 Å². The first-order valence-electron chi connectivity index (χ1n) is 9.48. The molecule has 3 aromatic carbocycles. The third-order valence-electron chi connectivity index (χ3n) is 4.96. The molecule has 26 heavy (non-hydrogen) atoms. The van der Waals surface area contributed by atoms with Gasteiger partial charge in [-0.3, -0.25) is 0 Å². The van der Waals surface area contributed by atoms with Crippen molar-refractivity contribution >= 4 is 0 Å². The van der Waals surface area contributed by atoms with Gasteiger partial charge in [-0.2, -0.15) is 0 Å². The molecule has 0 aliphatic rings. The molecule has 3 aromatic rings. The fourth-order valence-electron chi connectivity index (χ4n) is 3.57. The molecule has 0 N–H and O–H groups in total. The van der Waals surface area contributed by atoms with Crippen LogP contribution in [0.1, 0.15) is 52.7 Å². The van der Waals surface area contributed by atoms with Gasteiger partial charge >= 0.3 is 0 Å². The molecule has 134 valence electrons. The van der Waals surface area contributed by atoms with Crippen molar-refractivity contribution in [2.24, 2.45) is 0 Å². The van der Waals surface area contributed by atoms with E-state index in [0.717, 1.165) is 0 Å². The Bertz CT molecular complexity index is 838. The molecule has 0 amide bonds. The molecule has 0 atom stereocenters. The highest BCUT2D eigenvalue weighted by Crippen LogP contribution is 2.40. The predicted octanol–water partition coefficient (Wildman–Crippen LogP) is 7.62. The summed E-state index contributed by atoms with van der Waals surface area (Å²) in [6.07, 6.45) is 0. The van der Waals surface area contributed by atoms with Gasteiger partial charge < -0.3 is 0 Å². The molecule has 3 rings (SSSR count). The molecule has 0 nitrogen and oxygen atoms in total. The maximum Gasteiger partial charge on any atom is -0.0109 e. The second-order valence-electron chi connectivity index (χ2n) is 9.17. The summed E-state index contributed by atoms with van der Waals surface area (Å²) in [5.74, 6) is 0. The highest BCUT2D eigenvalue weighted by atomic mass is 14.3. The number of benzene rings is 3. The third-order valence-corrected chi connectivity index (χ3v) is 4.96. The van der Waals surface area contributed by atoms with Crippen LogP contribution < -0.4 is 0 Å². The van der Waals surface area contributed by atoms with Crippen molar-refractivity contribution in [3.63, 3.8) is 0 Å². The molecule has 0 aliphatic heterocycles. The molecule has 0 spiro atoms. The van der Waals surface area contributed by atoms with Crippen LogP contribution in [0.5, 0.6) is 0 Å². The molecule has 0 unspecified atom stereocenters. The first-order valence-corrected chi connectivity index (χ1v) is 9.48. The van der Waals surface area contributed by atoms with Gasteiger partial charge in [0.1, 0.15) is 0 Å². The monoisotopic (exact) mass is 342 g/mol. The first kappa shape index (κ1) is 18.5. The van der Waals surface area contributed by atoms with Crippen LogP contribution in [0.2, 0.25) is 0 Å². The van der Waals surface area contributed by atoms with E-state index < -0.39 is 0 Å². The average molecular weight is 343 g/mol. The van der Waals surface area contributed by atoms with Crippen LogP contribution >= 0.6 is 0 Å². The lowest BCUT2D eigenvalue weighted by Crippen LogP contribution is -2.19. The van der Waals surface area contributed by atoms with Gasteiger partial charge in [-0.25, -0.2) is 0 Å². The van der Waals surface area contributed by atoms with Crippen LogP contribution in [0, 0.1) is 0 Å². The van der Waals surface area contributed by atoms with Gasteiger partial charge in [0.25, 0.3) is 0 Å². The summed E-state index contributed by atoms with van der Waals surface area (Å²) in [5, 5.41) is 0. The van der Waals surface area contributed by atoms with Crippen molar-refractivity contribution in [1.82, 2.24) is 0 Å². The maximum atomic E-state index is 2.30. The van der Waals surface area contributed by atoms with Crippen LogP contribution in [0.4, 0.5) is 0 Å². The lowest BCUT2D eigenvalue weighted by molar-refractivity contribution is 0.572. The molecule has 0 saturated heterocycles. The van der Waals surface area contributed by atoms with Crippen molar-refractivity contribution in [3.05, 3.63) is 83.9 Å². The normalized spacial score (nSPS) is 12.2. The Morgan fingerprint density at radius 3 is 1.31 bits per heavy atom. The van der Waals surface area contributed by atoms with Gasteiger partial charge in [0.2, 0.25) is 0 Å². The molecule has 0 aliphatic carbocycles. The number of rotatable bonds is 2. The fourth-order valence-corrected chi connectivity index (χ4v) is 3.57. The summed E-state index contributed by atoms with van der Waals surface area (Å²) >= 11 is 0. The van der Waals surface area contributed by atoms with E-state index in [1.165, 1.54) is 33.4 Å². The fraction of sp³-hybridized carbons (Fsp3) is 0.308. The van der Waals surface area contributed by atoms with Crippen molar-refractivity contribution in [2.45, 2.75) is 52.4 Å². The van der Waals surface area contributed by atoms with E-state index in [4.69, 9.17) is 0 Å². The van der Waals surface area contributed by atoms with Crippen molar-refractivity contribution in [1.29, 1.82) is 0 Å². The zero-order valence-corrected chi connectivity index (χ0v) is 16.9. The van der Waals surface area contributed by atoms with Gasteiger partial charge in [0.15, 0.2) is 0 Å². The molecule has 0 radical (unpaired) electrons. The van der Waals surface area contributed by atoms with Crippen molar-refractivity contribution in [2.75, 3.05) is 0 Å². The number of hydrogen-bond acceptors (Lipinski definition) is 0. The molecule has 0 heteroatoms. The minimum Gasteiger partial charge on any atom is -0.0622 e. The highest BCUT2D eigenvalue weighted by molar-refractivity contribution is 5.76. The Kier molecular flexibility index (Phi) is 4.80. The molecule has 0 heterocycles. The van der Waals surface area contributed by atoms with Crippen molar-refractivity contribution in [3.8, 4) is 22.3 Å². The van der Waals surface area contributed by atoms with E-state index in [9.17, 15) is 0 Å². The smallest absolute Gasteiger partial charge is 0.0109 e. The van der Waals surface area contributed by atoms with E-state index in [2.05, 4.69) is 114 Å². The van der Waals surface area contributed by atoms with Crippen LogP contribution in [0.25, 0.3) is 22.3 Å². The third kappa shape index (κ3) is 3.75. The Morgan fingerprint density at radius 2 is 0.846 bits per heavy atom. The van der Waals surface area contributed by atoms with Gasteiger partial charge in [-0.1, -0.05) is 114 Å². The van der Waals surface area contributed by atoms with Gasteiger partial charge in [-0.15, -0.1) is 0 Å². The molecule has 0 bridgehead atoms. The largest absolute Gasteiger partial charge is 0.0622 e. The molecule has 0 saturated carbocycles. The van der Waals surface area contributed by atoms with E-state index in [0.29, 0.717) is 0 Å². The Morgan fingerprint density at radius 1 is 0.423 bits per heavy atom. The summed E-state index contributed by atoms with van der Waals surface area (Å²) in [4.78, 5) is 0. The summed E-state index contributed by atoms with van der Waals surface area (Å²) in [7, 11) is 0. The predicted molar refractivity (Wildman–Crippen MR) is 115 cm³/mol. The Hall–Kier alpha value is -2.34. The standard InChI is InChI=1S/C26H30/c1-25(2,3)22-13-10-14-23(26(4,5)6)24(22)21-17-15-20(16-18-21)19-11-8-7-9-12-19/h7-18H,1-6H3. The molecular formula is C26H30. The van der Waals surface area contributed by atoms with Crippen LogP contribution in [-0.4, -0.2) is 0 Å². The Balaban J connectivity index is 2.17. The van der Waals surface area contributed by atoms with Crippen LogP contribution in [0.15, 0.2) is 72.8 Å². The van der Waals surface area contributed by atoms with Crippen LogP contribution in [-0.2, 0) is 10.8 Å². The maximum absolute atomic E-state index is 2.30. The van der Waals surface area contributed by atoms with E-state index in [1.54, 1.807) is 0 Å². The summed E-state index contributed by atoms with van der Waals surface area (Å²) < 4.78 is 0. The Labute approximate surface area is 158 Å². The van der Waals surface area contributed by atoms with Crippen LogP contribution in [0.3, 0.4) is 0 Å².